The van der Waals surface area contributed by atoms with E-state index in [1.54, 1.807) is 6.92 Å². The summed E-state index contributed by atoms with van der Waals surface area (Å²) < 4.78 is 4.85. The third kappa shape index (κ3) is 3.98. The number of amides is 1. The molecule has 66 valence electrons. The van der Waals surface area contributed by atoms with Gasteiger partial charge in [-0.3, -0.25) is 4.79 Å². The van der Waals surface area contributed by atoms with Crippen LogP contribution in [0.2, 0.25) is 0 Å². The summed E-state index contributed by atoms with van der Waals surface area (Å²) in [6, 6.07) is 0.236. The number of ether oxygens (including phenoxy) is 1. The van der Waals surface area contributed by atoms with Crippen molar-refractivity contribution in [3.8, 4) is 0 Å². The Balaban J connectivity index is 3.68. The molecular formula is C8H17NO2. The molecule has 2 unspecified atom stereocenters. The quantitative estimate of drug-likeness (QED) is 0.663. The summed E-state index contributed by atoms with van der Waals surface area (Å²) in [5, 5.41) is 2.82. The zero-order chi connectivity index (χ0) is 8.85. The van der Waals surface area contributed by atoms with E-state index in [0.717, 1.165) is 6.42 Å². The van der Waals surface area contributed by atoms with Crippen molar-refractivity contribution in [1.82, 2.24) is 5.32 Å². The molecule has 0 saturated heterocycles. The standard InChI is InChI=1S/C8H17NO2/c1-5-6(2)9-8(10)7(3)11-4/h6-7H,5H2,1-4H3,(H,9,10). The lowest BCUT2D eigenvalue weighted by Gasteiger charge is -2.14. The highest BCUT2D eigenvalue weighted by atomic mass is 16.5. The van der Waals surface area contributed by atoms with E-state index in [-0.39, 0.29) is 18.1 Å². The van der Waals surface area contributed by atoms with Crippen LogP contribution in [0.1, 0.15) is 27.2 Å². The van der Waals surface area contributed by atoms with Gasteiger partial charge in [-0.25, -0.2) is 0 Å². The fraction of sp³-hybridized carbons (Fsp3) is 0.875. The van der Waals surface area contributed by atoms with Gasteiger partial charge in [0.15, 0.2) is 0 Å². The van der Waals surface area contributed by atoms with Crippen molar-refractivity contribution in [1.29, 1.82) is 0 Å². The Kier molecular flexibility index (Phi) is 4.86. The minimum Gasteiger partial charge on any atom is -0.372 e. The highest BCUT2D eigenvalue weighted by molar-refractivity contribution is 5.80. The normalized spacial score (nSPS) is 15.6. The molecule has 0 heterocycles. The zero-order valence-corrected chi connectivity index (χ0v) is 7.68. The number of rotatable bonds is 4. The van der Waals surface area contributed by atoms with Gasteiger partial charge in [-0.05, 0) is 20.3 Å². The van der Waals surface area contributed by atoms with Gasteiger partial charge in [-0.2, -0.15) is 0 Å². The Labute approximate surface area is 68.1 Å². The van der Waals surface area contributed by atoms with Gasteiger partial charge in [0.25, 0.3) is 0 Å². The minimum atomic E-state index is -0.344. The molecule has 0 bridgehead atoms. The molecule has 0 aromatic rings. The molecule has 0 aliphatic heterocycles. The van der Waals surface area contributed by atoms with Gasteiger partial charge < -0.3 is 10.1 Å². The summed E-state index contributed by atoms with van der Waals surface area (Å²) in [4.78, 5) is 11.1. The number of carbonyl (C=O) groups excluding carboxylic acids is 1. The molecule has 0 aromatic carbocycles. The molecular weight excluding hydrogens is 142 g/mol. The van der Waals surface area contributed by atoms with E-state index in [1.807, 2.05) is 13.8 Å². The van der Waals surface area contributed by atoms with Crippen molar-refractivity contribution >= 4 is 5.91 Å². The smallest absolute Gasteiger partial charge is 0.249 e. The SMILES string of the molecule is CCC(C)NC(=O)C(C)OC. The van der Waals surface area contributed by atoms with Crippen LogP contribution in [0, 0.1) is 0 Å². The summed E-state index contributed by atoms with van der Waals surface area (Å²) >= 11 is 0. The Hall–Kier alpha value is -0.570. The monoisotopic (exact) mass is 159 g/mol. The second-order valence-corrected chi connectivity index (χ2v) is 2.70. The fourth-order valence-corrected chi connectivity index (χ4v) is 0.569. The van der Waals surface area contributed by atoms with Gasteiger partial charge in [-0.1, -0.05) is 6.92 Å². The average Bonchev–Trinajstić information content (AvgIpc) is 2.02. The van der Waals surface area contributed by atoms with E-state index in [9.17, 15) is 4.79 Å². The van der Waals surface area contributed by atoms with Crippen molar-refractivity contribution in [3.05, 3.63) is 0 Å². The molecule has 0 rings (SSSR count). The topological polar surface area (TPSA) is 38.3 Å². The molecule has 0 radical (unpaired) electrons. The maximum absolute atomic E-state index is 11.1. The first-order valence-corrected chi connectivity index (χ1v) is 3.95. The van der Waals surface area contributed by atoms with Crippen molar-refractivity contribution in [2.75, 3.05) is 7.11 Å². The van der Waals surface area contributed by atoms with Crippen LogP contribution in [0.4, 0.5) is 0 Å². The molecule has 11 heavy (non-hydrogen) atoms. The first-order chi connectivity index (χ1) is 5.11. The second kappa shape index (κ2) is 5.13. The third-order valence-corrected chi connectivity index (χ3v) is 1.72. The number of carbonyl (C=O) groups is 1. The van der Waals surface area contributed by atoms with Crippen molar-refractivity contribution in [2.45, 2.75) is 39.3 Å². The summed E-state index contributed by atoms with van der Waals surface area (Å²) in [5.41, 5.74) is 0. The average molecular weight is 159 g/mol. The predicted molar refractivity (Wildman–Crippen MR) is 44.4 cm³/mol. The van der Waals surface area contributed by atoms with E-state index < -0.39 is 0 Å². The molecule has 0 fully saturated rings. The van der Waals surface area contributed by atoms with Gasteiger partial charge in [0.05, 0.1) is 0 Å². The van der Waals surface area contributed by atoms with Crippen LogP contribution in [0.25, 0.3) is 0 Å². The number of methoxy groups -OCH3 is 1. The van der Waals surface area contributed by atoms with Gasteiger partial charge in [0.1, 0.15) is 6.10 Å². The van der Waals surface area contributed by atoms with Crippen LogP contribution < -0.4 is 5.32 Å². The number of hydrogen-bond donors (Lipinski definition) is 1. The lowest BCUT2D eigenvalue weighted by Crippen LogP contribution is -2.39. The van der Waals surface area contributed by atoms with Crippen molar-refractivity contribution < 1.29 is 9.53 Å². The second-order valence-electron chi connectivity index (χ2n) is 2.70. The Bertz CT molecular complexity index is 125. The van der Waals surface area contributed by atoms with E-state index in [2.05, 4.69) is 5.32 Å². The molecule has 1 N–H and O–H groups in total. The Morgan fingerprint density at radius 3 is 2.45 bits per heavy atom. The highest BCUT2D eigenvalue weighted by Crippen LogP contribution is 1.92. The fourth-order valence-electron chi connectivity index (χ4n) is 0.569. The molecule has 3 nitrogen and oxygen atoms in total. The first kappa shape index (κ1) is 10.4. The van der Waals surface area contributed by atoms with Crippen LogP contribution in [0.15, 0.2) is 0 Å². The van der Waals surface area contributed by atoms with Crippen LogP contribution >= 0.6 is 0 Å². The Morgan fingerprint density at radius 1 is 1.55 bits per heavy atom. The van der Waals surface area contributed by atoms with Crippen LogP contribution in [0.3, 0.4) is 0 Å². The van der Waals surface area contributed by atoms with Crippen LogP contribution in [-0.2, 0) is 9.53 Å². The van der Waals surface area contributed by atoms with Crippen LogP contribution in [-0.4, -0.2) is 25.2 Å². The third-order valence-electron chi connectivity index (χ3n) is 1.72. The molecule has 0 aliphatic carbocycles. The summed E-state index contributed by atoms with van der Waals surface area (Å²) in [5.74, 6) is -0.0400. The largest absolute Gasteiger partial charge is 0.372 e. The van der Waals surface area contributed by atoms with Gasteiger partial charge >= 0.3 is 0 Å². The highest BCUT2D eigenvalue weighted by Gasteiger charge is 2.12. The zero-order valence-electron chi connectivity index (χ0n) is 7.68. The lowest BCUT2D eigenvalue weighted by atomic mass is 10.2. The van der Waals surface area contributed by atoms with Crippen molar-refractivity contribution in [3.63, 3.8) is 0 Å². The Morgan fingerprint density at radius 2 is 2.09 bits per heavy atom. The van der Waals surface area contributed by atoms with E-state index in [4.69, 9.17) is 4.74 Å². The molecule has 0 saturated carbocycles. The van der Waals surface area contributed by atoms with Gasteiger partial charge in [0, 0.05) is 13.2 Å². The number of hydrogen-bond acceptors (Lipinski definition) is 2. The van der Waals surface area contributed by atoms with Crippen LogP contribution in [0.5, 0.6) is 0 Å². The van der Waals surface area contributed by atoms with Gasteiger partial charge in [0.2, 0.25) is 5.91 Å². The van der Waals surface area contributed by atoms with Crippen molar-refractivity contribution in [2.24, 2.45) is 0 Å². The molecule has 2 atom stereocenters. The summed E-state index contributed by atoms with van der Waals surface area (Å²) in [6.07, 6.45) is 0.603. The minimum absolute atomic E-state index is 0.0400. The maximum Gasteiger partial charge on any atom is 0.249 e. The van der Waals surface area contributed by atoms with E-state index in [1.165, 1.54) is 7.11 Å². The predicted octanol–water partition coefficient (Wildman–Crippen LogP) is 0.936. The summed E-state index contributed by atoms with van der Waals surface area (Å²) in [7, 11) is 1.53. The molecule has 0 aliphatic rings. The summed E-state index contributed by atoms with van der Waals surface area (Å²) in [6.45, 7) is 5.74. The molecule has 0 aromatic heterocycles. The maximum atomic E-state index is 11.1. The lowest BCUT2D eigenvalue weighted by molar-refractivity contribution is -0.130. The first-order valence-electron chi connectivity index (χ1n) is 3.95. The number of nitrogens with one attached hydrogen (secondary N) is 1. The van der Waals surface area contributed by atoms with E-state index in [0.29, 0.717) is 0 Å². The molecule has 1 amide bonds. The molecule has 0 spiro atoms. The van der Waals surface area contributed by atoms with E-state index >= 15 is 0 Å². The van der Waals surface area contributed by atoms with Gasteiger partial charge in [-0.15, -0.1) is 0 Å². The molecule has 3 heteroatoms.